The molecule has 0 unspecified atom stereocenters. The highest BCUT2D eigenvalue weighted by Gasteiger charge is 2.29. The second-order valence-electron chi connectivity index (χ2n) is 7.84. The Labute approximate surface area is 175 Å². The van der Waals surface area contributed by atoms with E-state index in [-0.39, 0.29) is 17.1 Å². The third-order valence-electron chi connectivity index (χ3n) is 3.96. The van der Waals surface area contributed by atoms with Gasteiger partial charge in [0, 0.05) is 6.54 Å². The van der Waals surface area contributed by atoms with Crippen LogP contribution in [0.25, 0.3) is 16.9 Å². The van der Waals surface area contributed by atoms with Gasteiger partial charge < -0.3 is 15.2 Å². The Morgan fingerprint density at radius 2 is 1.65 bits per heavy atom. The number of amides is 1. The number of aliphatic carboxylic acids is 1. The smallest absolute Gasteiger partial charge is 0.430 e. The number of H-pyrrole nitrogens is 1. The Morgan fingerprint density at radius 3 is 2.16 bits per heavy atom. The normalized spacial score (nSPS) is 11.6. The van der Waals surface area contributed by atoms with Gasteiger partial charge in [0.05, 0.1) is 11.8 Å². The van der Waals surface area contributed by atoms with Gasteiger partial charge in [-0.3, -0.25) is 4.79 Å². The molecule has 2 N–H and O–H groups in total. The molecule has 0 bridgehead atoms. The van der Waals surface area contributed by atoms with Gasteiger partial charge in [0.25, 0.3) is 11.7 Å². The first-order valence-electron chi connectivity index (χ1n) is 9.14. The zero-order chi connectivity index (χ0) is 23.4. The summed E-state index contributed by atoms with van der Waals surface area (Å²) in [6, 6.07) is 11.9. The standard InChI is InChI=1S/C19H20FN3O.C2HF3O2/c1-19(2,3)12-21-18(24)16-15-6-4-5-11-23(15)17(22-16)13-7-9-14(20)10-8-13;3-2(4,5)1(6)7/h4-11H,12H2,1-3H3,(H,21,24);(H,6,7). The van der Waals surface area contributed by atoms with Gasteiger partial charge in [0.2, 0.25) is 5.69 Å². The Morgan fingerprint density at radius 1 is 1.06 bits per heavy atom. The van der Waals surface area contributed by atoms with E-state index in [1.165, 1.54) is 12.1 Å². The number of hydrogen-bond acceptors (Lipinski definition) is 3. The molecule has 0 aliphatic heterocycles. The summed E-state index contributed by atoms with van der Waals surface area (Å²) in [7, 11) is 0. The molecular weight excluding hydrogens is 418 g/mol. The fraction of sp³-hybridized carbons (Fsp3) is 0.286. The van der Waals surface area contributed by atoms with E-state index in [4.69, 9.17) is 9.90 Å². The lowest BCUT2D eigenvalue weighted by atomic mass is 9.97. The van der Waals surface area contributed by atoms with Crippen LogP contribution in [0.5, 0.6) is 0 Å². The number of rotatable bonds is 3. The van der Waals surface area contributed by atoms with Crippen molar-refractivity contribution in [3.05, 3.63) is 60.2 Å². The van der Waals surface area contributed by atoms with Crippen molar-refractivity contribution in [2.45, 2.75) is 26.9 Å². The van der Waals surface area contributed by atoms with Crippen LogP contribution in [-0.2, 0) is 4.79 Å². The molecule has 0 spiro atoms. The summed E-state index contributed by atoms with van der Waals surface area (Å²) in [6.07, 6.45) is -3.31. The van der Waals surface area contributed by atoms with Crippen molar-refractivity contribution in [2.24, 2.45) is 5.41 Å². The largest absolute Gasteiger partial charge is 0.542 e. The highest BCUT2D eigenvalue weighted by Crippen LogP contribution is 2.18. The van der Waals surface area contributed by atoms with E-state index in [0.29, 0.717) is 12.2 Å². The molecule has 3 aromatic rings. The van der Waals surface area contributed by atoms with Crippen molar-refractivity contribution < 1.29 is 36.7 Å². The van der Waals surface area contributed by atoms with Crippen LogP contribution in [0.15, 0.2) is 48.7 Å². The van der Waals surface area contributed by atoms with E-state index in [1.54, 1.807) is 12.1 Å². The summed E-state index contributed by atoms with van der Waals surface area (Å²) >= 11 is 0. The van der Waals surface area contributed by atoms with Crippen LogP contribution >= 0.6 is 0 Å². The molecule has 3 rings (SSSR count). The van der Waals surface area contributed by atoms with Crippen LogP contribution in [0.3, 0.4) is 0 Å². The average molecular weight is 439 g/mol. The highest BCUT2D eigenvalue weighted by molar-refractivity contribution is 5.98. The van der Waals surface area contributed by atoms with Gasteiger partial charge in [-0.1, -0.05) is 26.8 Å². The number of aromatic amines is 1. The molecule has 2 aromatic heterocycles. The van der Waals surface area contributed by atoms with Gasteiger partial charge in [-0.15, -0.1) is 0 Å². The van der Waals surface area contributed by atoms with Crippen molar-refractivity contribution in [3.8, 4) is 11.4 Å². The van der Waals surface area contributed by atoms with E-state index >= 15 is 0 Å². The van der Waals surface area contributed by atoms with Gasteiger partial charge in [0.15, 0.2) is 5.52 Å². The van der Waals surface area contributed by atoms with E-state index in [9.17, 15) is 22.4 Å². The van der Waals surface area contributed by atoms with Crippen molar-refractivity contribution in [1.29, 1.82) is 0 Å². The fourth-order valence-corrected chi connectivity index (χ4v) is 2.51. The maximum Gasteiger partial charge on any atom is 0.430 e. The van der Waals surface area contributed by atoms with E-state index in [0.717, 1.165) is 16.9 Å². The van der Waals surface area contributed by atoms with Crippen LogP contribution in [-0.4, -0.2) is 29.6 Å². The van der Waals surface area contributed by atoms with Crippen molar-refractivity contribution in [2.75, 3.05) is 6.54 Å². The summed E-state index contributed by atoms with van der Waals surface area (Å²) in [5.41, 5.74) is 2.10. The molecule has 0 aliphatic rings. The van der Waals surface area contributed by atoms with E-state index in [2.05, 4.69) is 31.1 Å². The quantitative estimate of drug-likeness (QED) is 0.486. The summed E-state index contributed by atoms with van der Waals surface area (Å²) in [5, 5.41) is 11.7. The third-order valence-corrected chi connectivity index (χ3v) is 3.96. The Kier molecular flexibility index (Phi) is 7.04. The number of benzene rings is 1. The molecule has 31 heavy (non-hydrogen) atoms. The average Bonchev–Trinajstić information content (AvgIpc) is 3.06. The number of carboxylic acid groups (broad SMARTS) is 1. The van der Waals surface area contributed by atoms with Gasteiger partial charge >= 0.3 is 6.18 Å². The second kappa shape index (κ2) is 9.15. The Balaban J connectivity index is 0.000000423. The lowest BCUT2D eigenvalue weighted by molar-refractivity contribution is -0.498. The zero-order valence-corrected chi connectivity index (χ0v) is 17.0. The number of hydrogen-bond donors (Lipinski definition) is 2. The van der Waals surface area contributed by atoms with Crippen LogP contribution in [0, 0.1) is 11.2 Å². The summed E-state index contributed by atoms with van der Waals surface area (Å²) in [6.45, 7) is 6.78. The Hall–Kier alpha value is -3.43. The molecule has 6 nitrogen and oxygen atoms in total. The third kappa shape index (κ3) is 6.53. The topological polar surface area (TPSA) is 89.1 Å². The molecule has 0 radical (unpaired) electrons. The van der Waals surface area contributed by atoms with Crippen molar-refractivity contribution in [1.82, 2.24) is 10.3 Å². The summed E-state index contributed by atoms with van der Waals surface area (Å²) < 4.78 is 46.6. The molecule has 0 saturated carbocycles. The SMILES string of the molecule is CC(C)(C)CNC(=O)c1[nH]c(-c2ccc(F)cc2)[n+]2ccccc12.O=C([O-])C(F)(F)F. The van der Waals surface area contributed by atoms with Crippen LogP contribution in [0.4, 0.5) is 17.6 Å². The first-order valence-corrected chi connectivity index (χ1v) is 9.14. The maximum absolute atomic E-state index is 13.2. The number of nitrogens with one attached hydrogen (secondary N) is 2. The molecule has 2 heterocycles. The Bertz CT molecular complexity index is 1070. The zero-order valence-electron chi connectivity index (χ0n) is 17.0. The molecule has 166 valence electrons. The minimum absolute atomic E-state index is 0.00495. The van der Waals surface area contributed by atoms with Gasteiger partial charge in [-0.2, -0.15) is 17.6 Å². The van der Waals surface area contributed by atoms with Gasteiger partial charge in [-0.05, 0) is 41.8 Å². The number of imidazole rings is 1. The van der Waals surface area contributed by atoms with Crippen molar-refractivity contribution >= 4 is 17.4 Å². The molecular formula is C21H21F4N3O3. The number of aromatic nitrogens is 2. The lowest BCUT2D eigenvalue weighted by Gasteiger charge is -2.17. The number of halogens is 4. The number of alkyl halides is 3. The minimum atomic E-state index is -5.19. The molecule has 0 fully saturated rings. The fourth-order valence-electron chi connectivity index (χ4n) is 2.51. The number of carboxylic acids is 1. The molecule has 10 heteroatoms. The predicted octanol–water partition coefficient (Wildman–Crippen LogP) is 2.63. The van der Waals surface area contributed by atoms with Crippen LogP contribution in [0.2, 0.25) is 0 Å². The van der Waals surface area contributed by atoms with Crippen molar-refractivity contribution in [3.63, 3.8) is 0 Å². The van der Waals surface area contributed by atoms with Gasteiger partial charge in [-0.25, -0.2) is 9.37 Å². The predicted molar refractivity (Wildman–Crippen MR) is 102 cm³/mol. The molecule has 0 atom stereocenters. The minimum Gasteiger partial charge on any atom is -0.542 e. The maximum atomic E-state index is 13.2. The monoisotopic (exact) mass is 439 g/mol. The lowest BCUT2D eigenvalue weighted by Crippen LogP contribution is -2.37. The van der Waals surface area contributed by atoms with E-state index in [1.807, 2.05) is 28.8 Å². The molecule has 0 saturated heterocycles. The number of fused-ring (bicyclic) bond motifs is 1. The number of pyridine rings is 1. The first kappa shape index (κ1) is 23.8. The van der Waals surface area contributed by atoms with Crippen LogP contribution < -0.4 is 14.8 Å². The number of carbonyl (C=O) groups excluding carboxylic acids is 2. The summed E-state index contributed by atoms with van der Waals surface area (Å²) in [5.74, 6) is -2.70. The summed E-state index contributed by atoms with van der Waals surface area (Å²) in [4.78, 5) is 24.6. The highest BCUT2D eigenvalue weighted by atomic mass is 19.4. The molecule has 1 amide bonds. The number of nitrogens with zero attached hydrogens (tertiary/aromatic N) is 1. The molecule has 1 aromatic carbocycles. The van der Waals surface area contributed by atoms with E-state index < -0.39 is 12.1 Å². The second-order valence-corrected chi connectivity index (χ2v) is 7.84. The van der Waals surface area contributed by atoms with Gasteiger partial charge in [0.1, 0.15) is 11.8 Å². The van der Waals surface area contributed by atoms with Crippen LogP contribution in [0.1, 0.15) is 31.3 Å². The first-order chi connectivity index (χ1) is 14.3. The number of carbonyl (C=O) groups is 2. The molecule has 0 aliphatic carbocycles.